The number of piperazine rings is 1. The van der Waals surface area contributed by atoms with E-state index in [0.717, 1.165) is 31.9 Å². The molecule has 0 radical (unpaired) electrons. The van der Waals surface area contributed by atoms with Crippen LogP contribution in [0.1, 0.15) is 43.2 Å². The molecule has 0 spiro atoms. The smallest absolute Gasteiger partial charge is 0.223 e. The van der Waals surface area contributed by atoms with Crippen LogP contribution in [0.15, 0.2) is 47.1 Å². The lowest BCUT2D eigenvalue weighted by Crippen LogP contribution is -2.55. The van der Waals surface area contributed by atoms with Crippen LogP contribution in [-0.4, -0.2) is 41.9 Å². The monoisotopic (exact) mass is 338 g/mol. The van der Waals surface area contributed by atoms with E-state index in [2.05, 4.69) is 43.0 Å². The third-order valence-electron chi connectivity index (χ3n) is 5.66. The predicted octanol–water partition coefficient (Wildman–Crippen LogP) is 3.39. The molecule has 1 unspecified atom stereocenters. The van der Waals surface area contributed by atoms with E-state index in [1.54, 1.807) is 6.26 Å². The first-order chi connectivity index (χ1) is 12.0. The van der Waals surface area contributed by atoms with Crippen molar-refractivity contribution in [3.63, 3.8) is 0 Å². The van der Waals surface area contributed by atoms with E-state index in [0.29, 0.717) is 18.9 Å². The highest BCUT2D eigenvalue weighted by Gasteiger charge is 2.40. The van der Waals surface area contributed by atoms with Crippen molar-refractivity contribution in [2.75, 3.05) is 26.2 Å². The van der Waals surface area contributed by atoms with Crippen molar-refractivity contribution in [1.82, 2.24) is 9.80 Å². The van der Waals surface area contributed by atoms with E-state index in [9.17, 15) is 4.79 Å². The van der Waals surface area contributed by atoms with E-state index >= 15 is 0 Å². The van der Waals surface area contributed by atoms with Gasteiger partial charge in [-0.25, -0.2) is 0 Å². The lowest BCUT2D eigenvalue weighted by Gasteiger charge is -2.50. The Kier molecular flexibility index (Phi) is 4.16. The molecule has 25 heavy (non-hydrogen) atoms. The van der Waals surface area contributed by atoms with E-state index in [1.807, 2.05) is 17.0 Å². The van der Waals surface area contributed by atoms with Crippen LogP contribution in [0, 0.1) is 0 Å². The zero-order valence-corrected chi connectivity index (χ0v) is 15.1. The summed E-state index contributed by atoms with van der Waals surface area (Å²) in [7, 11) is 0. The average Bonchev–Trinajstić information content (AvgIpc) is 3.13. The number of aryl methyl sites for hydroxylation is 1. The Morgan fingerprint density at radius 2 is 2.04 bits per heavy atom. The Morgan fingerprint density at radius 3 is 2.84 bits per heavy atom. The van der Waals surface area contributed by atoms with Crippen molar-refractivity contribution in [2.45, 2.75) is 38.1 Å². The van der Waals surface area contributed by atoms with Gasteiger partial charge in [-0.05, 0) is 23.3 Å². The first kappa shape index (κ1) is 16.4. The molecule has 0 saturated carbocycles. The van der Waals surface area contributed by atoms with Crippen molar-refractivity contribution in [3.05, 3.63) is 59.5 Å². The Balaban J connectivity index is 1.49. The van der Waals surface area contributed by atoms with Crippen LogP contribution in [0.3, 0.4) is 0 Å². The van der Waals surface area contributed by atoms with Gasteiger partial charge in [0.15, 0.2) is 0 Å². The second-order valence-corrected chi connectivity index (χ2v) is 7.88. The summed E-state index contributed by atoms with van der Waals surface area (Å²) < 4.78 is 5.35. The topological polar surface area (TPSA) is 36.7 Å². The largest absolute Gasteiger partial charge is 0.469 e. The normalized spacial score (nSPS) is 22.3. The molecule has 1 fully saturated rings. The van der Waals surface area contributed by atoms with E-state index in [-0.39, 0.29) is 11.3 Å². The van der Waals surface area contributed by atoms with Gasteiger partial charge in [-0.2, -0.15) is 0 Å². The van der Waals surface area contributed by atoms with Crippen LogP contribution >= 0.6 is 0 Å². The summed E-state index contributed by atoms with van der Waals surface area (Å²) in [6.45, 7) is 8.28. The molecule has 2 aliphatic heterocycles. The maximum atomic E-state index is 12.7. The fraction of sp³-hybridized carbons (Fsp3) is 0.476. The number of hydrogen-bond acceptors (Lipinski definition) is 3. The molecular weight excluding hydrogens is 312 g/mol. The average molecular weight is 338 g/mol. The van der Waals surface area contributed by atoms with E-state index in [4.69, 9.17) is 4.42 Å². The zero-order chi connectivity index (χ0) is 17.4. The highest BCUT2D eigenvalue weighted by Crippen LogP contribution is 2.40. The van der Waals surface area contributed by atoms with Crippen LogP contribution in [-0.2, 0) is 16.6 Å². The Labute approximate surface area is 149 Å². The van der Waals surface area contributed by atoms with Crippen molar-refractivity contribution in [2.24, 2.45) is 0 Å². The fourth-order valence-corrected chi connectivity index (χ4v) is 4.37. The lowest BCUT2D eigenvalue weighted by molar-refractivity contribution is -0.134. The molecule has 4 rings (SSSR count). The van der Waals surface area contributed by atoms with Gasteiger partial charge < -0.3 is 9.32 Å². The molecule has 0 N–H and O–H groups in total. The third-order valence-corrected chi connectivity index (χ3v) is 5.66. The van der Waals surface area contributed by atoms with Crippen molar-refractivity contribution in [3.8, 4) is 0 Å². The number of furan rings is 1. The van der Waals surface area contributed by atoms with Crippen LogP contribution in [0.25, 0.3) is 0 Å². The molecule has 1 aromatic carbocycles. The lowest BCUT2D eigenvalue weighted by atomic mass is 9.75. The number of hydrogen-bond donors (Lipinski definition) is 0. The molecule has 4 heteroatoms. The molecule has 1 amide bonds. The number of benzene rings is 1. The van der Waals surface area contributed by atoms with Gasteiger partial charge in [0.2, 0.25) is 5.91 Å². The number of amides is 1. The summed E-state index contributed by atoms with van der Waals surface area (Å²) in [5.41, 5.74) is 2.99. The van der Waals surface area contributed by atoms with Crippen molar-refractivity contribution >= 4 is 5.91 Å². The molecule has 132 valence electrons. The Hall–Kier alpha value is -2.07. The summed E-state index contributed by atoms with van der Waals surface area (Å²) in [6, 6.07) is 12.9. The fourth-order valence-electron chi connectivity index (χ4n) is 4.37. The molecule has 2 aliphatic rings. The standard InChI is InChI=1S/C21H26N2O2/c1-21(2)15-23-12-11-22(20(24)10-9-16-6-5-13-25-16)14-19(23)17-7-3-4-8-18(17)21/h3-8,13,19H,9-12,14-15H2,1-2H3. The van der Waals surface area contributed by atoms with Gasteiger partial charge >= 0.3 is 0 Å². The minimum Gasteiger partial charge on any atom is -0.469 e. The van der Waals surface area contributed by atoms with Gasteiger partial charge in [-0.3, -0.25) is 9.69 Å². The zero-order valence-electron chi connectivity index (χ0n) is 15.1. The van der Waals surface area contributed by atoms with Crippen LogP contribution in [0.4, 0.5) is 0 Å². The first-order valence-corrected chi connectivity index (χ1v) is 9.18. The summed E-state index contributed by atoms with van der Waals surface area (Å²) in [5, 5.41) is 0. The molecule has 1 saturated heterocycles. The summed E-state index contributed by atoms with van der Waals surface area (Å²) in [6.07, 6.45) is 2.87. The molecule has 2 aromatic rings. The molecule has 0 bridgehead atoms. The Bertz CT molecular complexity index is 751. The van der Waals surface area contributed by atoms with Gasteiger partial charge in [0.1, 0.15) is 5.76 Å². The van der Waals surface area contributed by atoms with Gasteiger partial charge in [-0.1, -0.05) is 38.1 Å². The van der Waals surface area contributed by atoms with Gasteiger partial charge in [0.05, 0.1) is 12.3 Å². The van der Waals surface area contributed by atoms with E-state index in [1.165, 1.54) is 11.1 Å². The molecule has 3 heterocycles. The first-order valence-electron chi connectivity index (χ1n) is 9.18. The Morgan fingerprint density at radius 1 is 1.20 bits per heavy atom. The summed E-state index contributed by atoms with van der Waals surface area (Å²) >= 11 is 0. The third kappa shape index (κ3) is 3.11. The minimum atomic E-state index is 0.165. The number of carbonyl (C=O) groups excluding carboxylic acids is 1. The maximum absolute atomic E-state index is 12.7. The van der Waals surface area contributed by atoms with Gasteiger partial charge in [0, 0.05) is 44.4 Å². The number of carbonyl (C=O) groups is 1. The number of fused-ring (bicyclic) bond motifs is 3. The summed E-state index contributed by atoms with van der Waals surface area (Å²) in [5.74, 6) is 1.12. The number of nitrogens with zero attached hydrogens (tertiary/aromatic N) is 2. The van der Waals surface area contributed by atoms with Crippen LogP contribution in [0.5, 0.6) is 0 Å². The minimum absolute atomic E-state index is 0.165. The predicted molar refractivity (Wildman–Crippen MR) is 97.4 cm³/mol. The highest BCUT2D eigenvalue weighted by atomic mass is 16.3. The van der Waals surface area contributed by atoms with Gasteiger partial charge in [-0.15, -0.1) is 0 Å². The van der Waals surface area contributed by atoms with Crippen molar-refractivity contribution < 1.29 is 9.21 Å². The SMILES string of the molecule is CC1(C)CN2CCN(C(=O)CCc3ccco3)CC2c2ccccc21. The van der Waals surface area contributed by atoms with Crippen LogP contribution in [0.2, 0.25) is 0 Å². The number of rotatable bonds is 3. The van der Waals surface area contributed by atoms with Gasteiger partial charge in [0.25, 0.3) is 0 Å². The summed E-state index contributed by atoms with van der Waals surface area (Å²) in [4.78, 5) is 17.3. The van der Waals surface area contributed by atoms with Crippen molar-refractivity contribution in [1.29, 1.82) is 0 Å². The van der Waals surface area contributed by atoms with E-state index < -0.39 is 0 Å². The van der Waals surface area contributed by atoms with Crippen LogP contribution < -0.4 is 0 Å². The quantitative estimate of drug-likeness (QED) is 0.861. The molecule has 1 atom stereocenters. The second kappa shape index (κ2) is 6.34. The molecule has 1 aromatic heterocycles. The second-order valence-electron chi connectivity index (χ2n) is 7.88. The molecule has 4 nitrogen and oxygen atoms in total. The molecule has 0 aliphatic carbocycles. The molecular formula is C21H26N2O2. The maximum Gasteiger partial charge on any atom is 0.223 e. The highest BCUT2D eigenvalue weighted by molar-refractivity contribution is 5.76.